The summed E-state index contributed by atoms with van der Waals surface area (Å²) in [6, 6.07) is 6.77. The number of hydrogen-bond acceptors (Lipinski definition) is 12. The number of halogens is 1. The van der Waals surface area contributed by atoms with E-state index in [2.05, 4.69) is 26.2 Å². The first-order valence-electron chi connectivity index (χ1n) is 13.5. The number of aryl methyl sites for hydroxylation is 1. The molecule has 0 bridgehead atoms. The number of nitrogens with zero attached hydrogens (tertiary/aromatic N) is 5. The molecule has 16 heteroatoms. The number of aliphatic carboxylic acids is 2. The molecule has 234 valence electrons. The van der Waals surface area contributed by atoms with Crippen LogP contribution in [0.3, 0.4) is 0 Å². The second-order valence-corrected chi connectivity index (χ2v) is 10.8. The number of aromatic nitrogens is 4. The van der Waals surface area contributed by atoms with Crippen molar-refractivity contribution in [3.63, 3.8) is 0 Å². The molecule has 1 aliphatic heterocycles. The third-order valence-electron chi connectivity index (χ3n) is 7.19. The molecule has 4 unspecified atom stereocenters. The Morgan fingerprint density at radius 3 is 2.66 bits per heavy atom. The fraction of sp³-hybridized carbons (Fsp3) is 0.429. The summed E-state index contributed by atoms with van der Waals surface area (Å²) >= 11 is 1.33. The van der Waals surface area contributed by atoms with Crippen molar-refractivity contribution in [3.8, 4) is 12.3 Å². The van der Waals surface area contributed by atoms with E-state index in [0.29, 0.717) is 42.1 Å². The zero-order valence-corrected chi connectivity index (χ0v) is 26.1. The number of nitrogens with two attached hydrogens (primary N) is 1. The summed E-state index contributed by atoms with van der Waals surface area (Å²) < 4.78 is 18.6. The molecule has 0 radical (unpaired) electrons. The van der Waals surface area contributed by atoms with Crippen molar-refractivity contribution in [3.05, 3.63) is 42.0 Å². The van der Waals surface area contributed by atoms with Crippen molar-refractivity contribution in [2.24, 2.45) is 5.92 Å². The van der Waals surface area contributed by atoms with Gasteiger partial charge in [-0.25, -0.2) is 24.5 Å². The first kappa shape index (κ1) is 32.9. The van der Waals surface area contributed by atoms with E-state index in [1.807, 2.05) is 0 Å². The third-order valence-corrected chi connectivity index (χ3v) is 7.59. The Morgan fingerprint density at radius 1 is 1.30 bits per heavy atom. The minimum Gasteiger partial charge on any atom is -0.480 e. The Balaban J connectivity index is 1.47. The van der Waals surface area contributed by atoms with E-state index in [4.69, 9.17) is 29.8 Å². The average molecular weight is 722 g/mol. The second kappa shape index (κ2) is 14.2. The van der Waals surface area contributed by atoms with E-state index in [9.17, 15) is 19.5 Å². The van der Waals surface area contributed by atoms with Crippen molar-refractivity contribution < 1.29 is 37.1 Å². The molecule has 1 aromatic carbocycles. The Morgan fingerprint density at radius 2 is 2.02 bits per heavy atom. The largest absolute Gasteiger partial charge is 0.480 e. The quantitative estimate of drug-likeness (QED) is 0.106. The van der Waals surface area contributed by atoms with E-state index in [1.165, 1.54) is 29.3 Å². The molecule has 15 nitrogen and oxygen atoms in total. The number of nitrogen functional groups attached to an aromatic ring is 1. The molecule has 3 aromatic rings. The summed E-state index contributed by atoms with van der Waals surface area (Å²) in [4.78, 5) is 50.8. The van der Waals surface area contributed by atoms with Gasteiger partial charge in [-0.1, -0.05) is 12.1 Å². The van der Waals surface area contributed by atoms with Crippen LogP contribution in [0, 0.1) is 25.2 Å². The van der Waals surface area contributed by atoms with Gasteiger partial charge in [-0.2, -0.15) is 0 Å². The predicted octanol–water partition coefficient (Wildman–Crippen LogP) is 1.66. The minimum atomic E-state index is -2.38. The molecule has 2 aromatic heterocycles. The molecule has 4 rings (SSSR count). The van der Waals surface area contributed by atoms with Crippen LogP contribution in [0.4, 0.5) is 11.5 Å². The summed E-state index contributed by atoms with van der Waals surface area (Å²) in [5, 5.41) is 22.3. The standard InChI is InChI=1S/C28H32IN7O8/c1-4-18-11-21(36-15-32-23-24(30)33-16(2)34-25(23)36)43-20(18)14-42-28(26(39)40,27(41)44-29)12-17-5-7-19(8-6-17)31-9-10-35(3)13-22(37)38/h1,5-8,15,18,20-21,31H,9-14H2,2-3H3,(H,37,38)(H,39,40)(H2,30,33,34). The van der Waals surface area contributed by atoms with Crippen LogP contribution in [0.25, 0.3) is 11.2 Å². The summed E-state index contributed by atoms with van der Waals surface area (Å²) in [5.74, 6) is -0.648. The van der Waals surface area contributed by atoms with E-state index in [-0.39, 0.29) is 25.4 Å². The van der Waals surface area contributed by atoms with Gasteiger partial charge in [0.05, 0.1) is 31.5 Å². The second-order valence-electron chi connectivity index (χ2n) is 10.4. The number of anilines is 2. The highest BCUT2D eigenvalue weighted by Gasteiger charge is 2.51. The lowest BCUT2D eigenvalue weighted by molar-refractivity contribution is -0.185. The number of carboxylic acids is 2. The molecule has 3 heterocycles. The molecule has 0 aliphatic carbocycles. The van der Waals surface area contributed by atoms with Crippen LogP contribution in [0.15, 0.2) is 30.6 Å². The van der Waals surface area contributed by atoms with E-state index >= 15 is 0 Å². The Labute approximate surface area is 266 Å². The molecule has 0 spiro atoms. The maximum absolute atomic E-state index is 12.9. The van der Waals surface area contributed by atoms with Crippen LogP contribution in [-0.4, -0.2) is 97.5 Å². The van der Waals surface area contributed by atoms with Gasteiger partial charge in [0, 0.05) is 31.6 Å². The van der Waals surface area contributed by atoms with Crippen LogP contribution < -0.4 is 11.1 Å². The fourth-order valence-electron chi connectivity index (χ4n) is 4.92. The average Bonchev–Trinajstić information content (AvgIpc) is 3.59. The first-order chi connectivity index (χ1) is 21.0. The lowest BCUT2D eigenvalue weighted by Crippen LogP contribution is -2.52. The highest BCUT2D eigenvalue weighted by atomic mass is 127. The molecule has 0 amide bonds. The Bertz CT molecular complexity index is 1560. The molecule has 5 N–H and O–H groups in total. The highest BCUT2D eigenvalue weighted by Crippen LogP contribution is 2.36. The number of fused-ring (bicyclic) bond motifs is 1. The number of hydrogen-bond donors (Lipinski definition) is 4. The normalized spacial score (nSPS) is 19.4. The van der Waals surface area contributed by atoms with Gasteiger partial charge in [0.25, 0.3) is 5.60 Å². The van der Waals surface area contributed by atoms with Crippen LogP contribution in [0.5, 0.6) is 0 Å². The number of nitrogens with one attached hydrogen (secondary N) is 1. The summed E-state index contributed by atoms with van der Waals surface area (Å²) in [6.07, 6.45) is 6.00. The molecule has 0 saturated carbocycles. The summed E-state index contributed by atoms with van der Waals surface area (Å²) in [5.41, 5.74) is 5.72. The summed E-state index contributed by atoms with van der Waals surface area (Å²) in [7, 11) is 1.70. The predicted molar refractivity (Wildman–Crippen MR) is 166 cm³/mol. The molecule has 1 aliphatic rings. The zero-order valence-electron chi connectivity index (χ0n) is 24.0. The Kier molecular flexibility index (Phi) is 10.6. The van der Waals surface area contributed by atoms with E-state index in [1.54, 1.807) is 47.7 Å². The number of imidazole rings is 1. The van der Waals surface area contributed by atoms with Crippen molar-refractivity contribution in [2.45, 2.75) is 37.7 Å². The van der Waals surface area contributed by atoms with Gasteiger partial charge in [0.15, 0.2) is 34.5 Å². The molecule has 1 fully saturated rings. The van der Waals surface area contributed by atoms with Gasteiger partial charge < -0.3 is 33.8 Å². The lowest BCUT2D eigenvalue weighted by atomic mass is 9.93. The van der Waals surface area contributed by atoms with Crippen molar-refractivity contribution in [1.82, 2.24) is 24.4 Å². The number of carboxylic acid groups (broad SMARTS) is 2. The monoisotopic (exact) mass is 721 g/mol. The molecular weight excluding hydrogens is 689 g/mol. The SMILES string of the molecule is C#CC1CC(n2cnc3c(N)nc(C)nc32)OC1COC(Cc1ccc(NCCN(C)CC(=O)O)cc1)(C(=O)O)C(=O)OI. The fourth-order valence-corrected chi connectivity index (χ4v) is 5.27. The van der Waals surface area contributed by atoms with Gasteiger partial charge in [-0.05, 0) is 31.7 Å². The number of terminal acetylenes is 1. The third kappa shape index (κ3) is 7.35. The van der Waals surface area contributed by atoms with Crippen LogP contribution in [0.2, 0.25) is 0 Å². The van der Waals surface area contributed by atoms with Gasteiger partial charge in [-0.15, -0.1) is 12.3 Å². The van der Waals surface area contributed by atoms with Crippen molar-refractivity contribution >= 4 is 63.6 Å². The molecule has 1 saturated heterocycles. The van der Waals surface area contributed by atoms with Crippen LogP contribution in [-0.2, 0) is 33.3 Å². The van der Waals surface area contributed by atoms with E-state index < -0.39 is 41.8 Å². The zero-order chi connectivity index (χ0) is 32.0. The van der Waals surface area contributed by atoms with Gasteiger partial charge >= 0.3 is 17.9 Å². The van der Waals surface area contributed by atoms with E-state index in [0.717, 1.165) is 5.69 Å². The van der Waals surface area contributed by atoms with Gasteiger partial charge in [0.1, 0.15) is 17.6 Å². The first-order valence-corrected chi connectivity index (χ1v) is 14.4. The lowest BCUT2D eigenvalue weighted by Gasteiger charge is -2.28. The van der Waals surface area contributed by atoms with Gasteiger partial charge in [-0.3, -0.25) is 14.3 Å². The van der Waals surface area contributed by atoms with Crippen molar-refractivity contribution in [1.29, 1.82) is 0 Å². The van der Waals surface area contributed by atoms with Crippen LogP contribution in [0.1, 0.15) is 24.0 Å². The van der Waals surface area contributed by atoms with Crippen molar-refractivity contribution in [2.75, 3.05) is 44.3 Å². The topological polar surface area (TPSA) is 204 Å². The molecule has 44 heavy (non-hydrogen) atoms. The molecular formula is C28H32IN7O8. The molecule has 4 atom stereocenters. The number of carbonyl (C=O) groups excluding carboxylic acids is 1. The van der Waals surface area contributed by atoms with Gasteiger partial charge in [0.2, 0.25) is 0 Å². The Hall–Kier alpha value is -4.05. The maximum atomic E-state index is 12.9. The number of likely N-dealkylation sites (N-methyl/N-ethyl adjacent to an activating group) is 1. The number of ether oxygens (including phenoxy) is 2. The smallest absolute Gasteiger partial charge is 0.360 e. The number of benzene rings is 1. The number of rotatable bonds is 14. The highest BCUT2D eigenvalue weighted by molar-refractivity contribution is 14.1. The minimum absolute atomic E-state index is 0.0797. The maximum Gasteiger partial charge on any atom is 0.360 e. The summed E-state index contributed by atoms with van der Waals surface area (Å²) in [6.45, 7) is 2.29. The number of carbonyl (C=O) groups is 3. The van der Waals surface area contributed by atoms with Crippen LogP contribution >= 0.6 is 23.0 Å².